The van der Waals surface area contributed by atoms with Crippen LogP contribution < -0.4 is 10.4 Å². The van der Waals surface area contributed by atoms with E-state index < -0.39 is 0 Å². The molecule has 5 rings (SSSR count). The van der Waals surface area contributed by atoms with Crippen LogP contribution in [-0.4, -0.2) is 42.0 Å². The lowest BCUT2D eigenvalue weighted by Gasteiger charge is -2.39. The largest absolute Gasteiger partial charge is 0.300 e. The van der Waals surface area contributed by atoms with Gasteiger partial charge < -0.3 is 0 Å². The van der Waals surface area contributed by atoms with Crippen LogP contribution in [0.1, 0.15) is 34.3 Å². The smallest absolute Gasteiger partial charge is 0.269 e. The predicted octanol–water partition coefficient (Wildman–Crippen LogP) is 5.74. The van der Waals surface area contributed by atoms with Crippen molar-refractivity contribution in [1.29, 1.82) is 0 Å². The third-order valence-corrected chi connectivity index (χ3v) is 7.32. The summed E-state index contributed by atoms with van der Waals surface area (Å²) in [5.74, 6) is -0.531. The summed E-state index contributed by atoms with van der Waals surface area (Å²) in [6.07, 6.45) is 7.53. The summed E-state index contributed by atoms with van der Waals surface area (Å²) in [7, 11) is 0. The number of fused-ring (bicyclic) bond motifs is 2. The van der Waals surface area contributed by atoms with E-state index in [4.69, 9.17) is 23.2 Å². The number of carbonyl (C=O) groups excluding carboxylic acids is 1. The van der Waals surface area contributed by atoms with Crippen molar-refractivity contribution in [2.75, 3.05) is 31.2 Å². The van der Waals surface area contributed by atoms with Gasteiger partial charge in [0, 0.05) is 35.3 Å². The number of hydrogen-bond acceptors (Lipinski definition) is 4. The Morgan fingerprint density at radius 3 is 2.60 bits per heavy atom. The van der Waals surface area contributed by atoms with Crippen molar-refractivity contribution in [3.63, 3.8) is 0 Å². The van der Waals surface area contributed by atoms with Crippen LogP contribution in [0.3, 0.4) is 0 Å². The molecule has 1 N–H and O–H groups in total. The molecule has 1 fully saturated rings. The molecule has 1 saturated heterocycles. The number of halogens is 3. The fourth-order valence-corrected chi connectivity index (χ4v) is 5.27. The topological polar surface area (TPSA) is 48.5 Å². The van der Waals surface area contributed by atoms with Gasteiger partial charge in [0.25, 0.3) is 5.91 Å². The van der Waals surface area contributed by atoms with E-state index in [-0.39, 0.29) is 22.3 Å². The maximum Gasteiger partial charge on any atom is 0.269 e. The summed E-state index contributed by atoms with van der Waals surface area (Å²) in [5.41, 5.74) is 6.12. The van der Waals surface area contributed by atoms with Crippen molar-refractivity contribution in [3.05, 3.63) is 99.6 Å². The zero-order chi connectivity index (χ0) is 24.4. The molecule has 2 aliphatic rings. The number of carbonyl (C=O) groups is 1. The van der Waals surface area contributed by atoms with Gasteiger partial charge in [-0.2, -0.15) is 0 Å². The van der Waals surface area contributed by atoms with Crippen molar-refractivity contribution in [2.45, 2.75) is 18.3 Å². The average molecular weight is 511 g/mol. The summed E-state index contributed by atoms with van der Waals surface area (Å²) in [5, 5.41) is 2.84. The summed E-state index contributed by atoms with van der Waals surface area (Å²) in [6.45, 7) is 3.23. The lowest BCUT2D eigenvalue weighted by molar-refractivity contribution is 0.0945. The van der Waals surface area contributed by atoms with E-state index in [1.807, 2.05) is 29.3 Å². The predicted molar refractivity (Wildman–Crippen MR) is 138 cm³/mol. The molecule has 0 saturated carbocycles. The lowest BCUT2D eigenvalue weighted by Crippen LogP contribution is -2.49. The van der Waals surface area contributed by atoms with E-state index in [0.29, 0.717) is 12.1 Å². The Morgan fingerprint density at radius 2 is 1.86 bits per heavy atom. The van der Waals surface area contributed by atoms with Crippen molar-refractivity contribution >= 4 is 40.9 Å². The minimum atomic E-state index is -0.272. The van der Waals surface area contributed by atoms with Gasteiger partial charge in [-0.05, 0) is 79.5 Å². The highest BCUT2D eigenvalue weighted by Gasteiger charge is 2.45. The molecular weight excluding hydrogens is 486 g/mol. The molecule has 8 heteroatoms. The fourth-order valence-electron chi connectivity index (χ4n) is 4.97. The number of hydrogen-bond donors (Lipinski definition) is 1. The summed E-state index contributed by atoms with van der Waals surface area (Å²) < 4.78 is 14.3. The third-order valence-electron chi connectivity index (χ3n) is 6.86. The van der Waals surface area contributed by atoms with Crippen LogP contribution in [0.2, 0.25) is 10.2 Å². The Bertz CT molecular complexity index is 1260. The third kappa shape index (κ3) is 5.20. The molecule has 180 valence electrons. The van der Waals surface area contributed by atoms with E-state index in [9.17, 15) is 9.18 Å². The van der Waals surface area contributed by atoms with Crippen molar-refractivity contribution in [1.82, 2.24) is 15.3 Å². The van der Waals surface area contributed by atoms with E-state index >= 15 is 0 Å². The standard InChI is InChI=1S/C27H25Cl2FN4O/c28-21-5-3-19(4-6-21)2-1-13-33-14-10-27(11-15-33)18-34(24-8-7-22(30)17-23(24)27)32-26(35)20-9-12-31-25(29)16-20/h1-9,12,16-17H,10-11,13-15,18H2,(H,32,35). The SMILES string of the molecule is O=C(NN1CC2(CCN(CC=Cc3ccc(Cl)cc3)CC2)c2cc(F)ccc21)c1ccnc(Cl)c1. The first kappa shape index (κ1) is 23.8. The molecule has 0 bridgehead atoms. The van der Waals surface area contributed by atoms with Crippen molar-refractivity contribution < 1.29 is 9.18 Å². The second-order valence-corrected chi connectivity index (χ2v) is 9.91. The van der Waals surface area contributed by atoms with Gasteiger partial charge in [0.2, 0.25) is 0 Å². The van der Waals surface area contributed by atoms with Gasteiger partial charge in [-0.25, -0.2) is 9.37 Å². The molecule has 1 spiro atoms. The highest BCUT2D eigenvalue weighted by Crippen LogP contribution is 2.46. The Kier molecular flexibility index (Phi) is 6.78. The van der Waals surface area contributed by atoms with Crippen LogP contribution in [0.5, 0.6) is 0 Å². The number of anilines is 1. The van der Waals surface area contributed by atoms with Crippen LogP contribution in [0.4, 0.5) is 10.1 Å². The van der Waals surface area contributed by atoms with E-state index in [1.54, 1.807) is 18.2 Å². The second kappa shape index (κ2) is 9.97. The minimum absolute atomic E-state index is 0.211. The molecule has 0 radical (unpaired) electrons. The molecule has 1 aromatic heterocycles. The van der Waals surface area contributed by atoms with Crippen molar-refractivity contribution in [3.8, 4) is 0 Å². The quantitative estimate of drug-likeness (QED) is 0.444. The maximum atomic E-state index is 14.3. The molecule has 3 heterocycles. The molecule has 1 amide bonds. The fraction of sp³-hybridized carbons (Fsp3) is 0.259. The molecule has 0 aliphatic carbocycles. The van der Waals surface area contributed by atoms with Gasteiger partial charge >= 0.3 is 0 Å². The highest BCUT2D eigenvalue weighted by atomic mass is 35.5. The number of pyridine rings is 1. The van der Waals surface area contributed by atoms with Crippen LogP contribution in [0, 0.1) is 5.82 Å². The number of piperidine rings is 1. The first-order valence-electron chi connectivity index (χ1n) is 11.6. The van der Waals surface area contributed by atoms with E-state index in [1.165, 1.54) is 18.3 Å². The first-order valence-corrected chi connectivity index (χ1v) is 12.3. The maximum absolute atomic E-state index is 14.3. The lowest BCUT2D eigenvalue weighted by atomic mass is 9.74. The van der Waals surface area contributed by atoms with E-state index in [2.05, 4.69) is 27.5 Å². The molecule has 5 nitrogen and oxygen atoms in total. The molecule has 3 aromatic rings. The number of benzene rings is 2. The monoisotopic (exact) mass is 510 g/mol. The summed E-state index contributed by atoms with van der Waals surface area (Å²) >= 11 is 11.9. The summed E-state index contributed by atoms with van der Waals surface area (Å²) in [4.78, 5) is 19.2. The molecule has 0 unspecified atom stereocenters. The Labute approximate surface area is 214 Å². The Morgan fingerprint density at radius 1 is 1.09 bits per heavy atom. The van der Waals surface area contributed by atoms with Gasteiger partial charge in [0.15, 0.2) is 0 Å². The number of aromatic nitrogens is 1. The number of likely N-dealkylation sites (tertiary alicyclic amines) is 1. The average Bonchev–Trinajstić information content (AvgIpc) is 3.13. The molecular formula is C27H25Cl2FN4O. The first-order chi connectivity index (χ1) is 16.9. The molecule has 35 heavy (non-hydrogen) atoms. The van der Waals surface area contributed by atoms with Crippen molar-refractivity contribution in [2.24, 2.45) is 0 Å². The minimum Gasteiger partial charge on any atom is -0.300 e. The Hall–Kier alpha value is -2.93. The van der Waals surface area contributed by atoms with Gasteiger partial charge in [-0.15, -0.1) is 0 Å². The van der Waals surface area contributed by atoms with Crippen LogP contribution in [0.15, 0.2) is 66.9 Å². The second-order valence-electron chi connectivity index (χ2n) is 9.09. The number of amides is 1. The van der Waals surface area contributed by atoms with Gasteiger partial charge in [0.1, 0.15) is 11.0 Å². The Balaban J connectivity index is 1.27. The van der Waals surface area contributed by atoms with Gasteiger partial charge in [-0.1, -0.05) is 47.5 Å². The molecule has 2 aromatic carbocycles. The summed E-state index contributed by atoms with van der Waals surface area (Å²) in [6, 6.07) is 15.7. The zero-order valence-electron chi connectivity index (χ0n) is 19.1. The van der Waals surface area contributed by atoms with Crippen LogP contribution >= 0.6 is 23.2 Å². The number of nitrogens with one attached hydrogen (secondary N) is 1. The zero-order valence-corrected chi connectivity index (χ0v) is 20.6. The van der Waals surface area contributed by atoms with Gasteiger partial charge in [-0.3, -0.25) is 20.1 Å². The number of nitrogens with zero attached hydrogens (tertiary/aromatic N) is 3. The van der Waals surface area contributed by atoms with Crippen LogP contribution in [-0.2, 0) is 5.41 Å². The molecule has 2 aliphatic heterocycles. The number of hydrazine groups is 1. The van der Waals surface area contributed by atoms with E-state index in [0.717, 1.165) is 54.3 Å². The highest BCUT2D eigenvalue weighted by molar-refractivity contribution is 6.30. The molecule has 0 atom stereocenters. The normalized spacial score (nSPS) is 17.2. The van der Waals surface area contributed by atoms with Crippen LogP contribution in [0.25, 0.3) is 6.08 Å². The van der Waals surface area contributed by atoms with Gasteiger partial charge in [0.05, 0.1) is 5.69 Å². The number of rotatable bonds is 5.